The number of aliphatic hydroxyl groups is 1. The highest BCUT2D eigenvalue weighted by Crippen LogP contribution is 2.23. The molecule has 7 atom stereocenters. The van der Waals surface area contributed by atoms with Gasteiger partial charge in [0.25, 0.3) is 5.91 Å². The van der Waals surface area contributed by atoms with Crippen LogP contribution in [0.2, 0.25) is 0 Å². The maximum absolute atomic E-state index is 14.5. The molecular weight excluding hydrogens is 1050 g/mol. The first-order valence-electron chi connectivity index (χ1n) is 26.7. The van der Waals surface area contributed by atoms with E-state index in [0.717, 1.165) is 10.5 Å². The Morgan fingerprint density at radius 2 is 1.21 bits per heavy atom. The highest BCUT2D eigenvalue weighted by Gasteiger charge is 2.42. The number of hydrogen-bond acceptors (Lipinski definition) is 13. The molecule has 0 spiro atoms. The average molecular weight is 1120 g/mol. The molecule has 0 unspecified atom stereocenters. The van der Waals surface area contributed by atoms with Crippen molar-refractivity contribution in [2.24, 2.45) is 38.7 Å². The van der Waals surface area contributed by atoms with Gasteiger partial charge in [-0.3, -0.25) is 48.3 Å². The summed E-state index contributed by atoms with van der Waals surface area (Å²) < 4.78 is 0. The number of carbonyl (C=O) groups excluding carboxylic acids is 8. The van der Waals surface area contributed by atoms with Gasteiger partial charge in [0.1, 0.15) is 41.9 Å². The van der Waals surface area contributed by atoms with E-state index >= 15 is 0 Å². The van der Waals surface area contributed by atoms with Crippen LogP contribution in [0.4, 0.5) is 0 Å². The second-order valence-corrected chi connectivity index (χ2v) is 19.6. The number of aliphatic carboxylic acids is 1. The third-order valence-electron chi connectivity index (χ3n) is 13.6. The summed E-state index contributed by atoms with van der Waals surface area (Å²) in [4.78, 5) is 135. The molecule has 2 saturated heterocycles. The van der Waals surface area contributed by atoms with E-state index in [9.17, 15) is 53.4 Å². The molecule has 5 rings (SSSR count). The molecule has 3 aromatic carbocycles. The van der Waals surface area contributed by atoms with Gasteiger partial charge < -0.3 is 80.2 Å². The smallest absolute Gasteiger partial charge is 0.326 e. The fourth-order valence-electron chi connectivity index (χ4n) is 9.42. The maximum atomic E-state index is 14.5. The Labute approximate surface area is 469 Å². The lowest BCUT2D eigenvalue weighted by Crippen LogP contribution is -2.58. The minimum absolute atomic E-state index is 0.0294. The summed E-state index contributed by atoms with van der Waals surface area (Å²) in [5.41, 5.74) is 29.3. The Balaban J connectivity index is 1.25. The Morgan fingerprint density at radius 3 is 1.77 bits per heavy atom. The fraction of sp³-hybridized carbons (Fsp3) is 0.436. The van der Waals surface area contributed by atoms with Crippen molar-refractivity contribution in [3.8, 4) is 0 Å². The van der Waals surface area contributed by atoms with Crippen molar-refractivity contribution < 1.29 is 53.4 Å². The SMILES string of the molecule is CN(C(=O)[C@@H](N)CCCN=C(N)N)[C@@H](Cc1ccccc1)C(=O)N1CCC[C@H]1C(=O)NCC(=O)N/C(=C\c1ccccc1)C(=O)N[C@@H](CO)C(=O)N1CCC[C@H]1C(=O)N[C@@H](Cc1ccccc1)C(=O)N[C@@H](CCCN=C(N)N)C(=O)O. The number of aliphatic hydroxyl groups excluding tert-OH is 1. The third-order valence-corrected chi connectivity index (χ3v) is 13.6. The molecule has 3 aromatic rings. The fourth-order valence-corrected chi connectivity index (χ4v) is 9.42. The number of likely N-dealkylation sites (N-methyl/N-ethyl adjacent to an activating group) is 1. The molecule has 2 fully saturated rings. The monoisotopic (exact) mass is 1120 g/mol. The average Bonchev–Trinajstić information content (AvgIpc) is 4.17. The summed E-state index contributed by atoms with van der Waals surface area (Å²) >= 11 is 0. The molecule has 436 valence electrons. The number of nitrogens with zero attached hydrogens (tertiary/aromatic N) is 5. The first kappa shape index (κ1) is 62.9. The first-order valence-corrected chi connectivity index (χ1v) is 26.7. The molecule has 8 amide bonds. The van der Waals surface area contributed by atoms with E-state index in [1.807, 2.05) is 18.2 Å². The Kier molecular flexibility index (Phi) is 24.6. The molecule has 0 bridgehead atoms. The predicted molar refractivity (Wildman–Crippen MR) is 300 cm³/mol. The summed E-state index contributed by atoms with van der Waals surface area (Å²) in [5, 5.41) is 33.1. The van der Waals surface area contributed by atoms with Crippen molar-refractivity contribution in [1.82, 2.24) is 41.3 Å². The summed E-state index contributed by atoms with van der Waals surface area (Å²) in [7, 11) is 1.48. The standard InChI is InChI=1S/C55H75N15O11/c1-68(50(77)37(56)21-11-25-61-54(57)58)44(31-36-19-9-4-10-20-36)52(79)70-28-13-23-42(70)48(75)63-32-45(72)64-39(29-34-15-5-2-6-16-34)46(73)67-41(33-71)51(78)69-27-14-24-43(69)49(76)66-40(30-35-17-7-3-8-18-35)47(74)65-38(53(80)81)22-12-26-62-55(59)60/h2-10,15-20,29,37-38,40-44,71H,11-14,21-28,30-33,56H2,1H3,(H,63,75)(H,64,72)(H,65,74)(H,66,76)(H,67,73)(H,80,81)(H4,57,58,61)(H4,59,60,62)/b39-29-/t37-,38-,40-,41-,42-,43-,44-/m0/s1. The Hall–Kier alpha value is -8.91. The number of hydrogen-bond donors (Lipinski definition) is 12. The number of nitrogens with two attached hydrogens (primary N) is 5. The second kappa shape index (κ2) is 31.6. The van der Waals surface area contributed by atoms with E-state index in [2.05, 4.69) is 36.6 Å². The quantitative estimate of drug-likeness (QED) is 0.0148. The highest BCUT2D eigenvalue weighted by atomic mass is 16.4. The van der Waals surface area contributed by atoms with Gasteiger partial charge in [-0.2, -0.15) is 0 Å². The molecule has 0 saturated carbocycles. The second-order valence-electron chi connectivity index (χ2n) is 19.6. The number of aliphatic imine (C=N–C) groups is 2. The van der Waals surface area contributed by atoms with Gasteiger partial charge in [0.2, 0.25) is 41.4 Å². The lowest BCUT2D eigenvalue weighted by molar-refractivity contribution is -0.147. The maximum Gasteiger partial charge on any atom is 0.326 e. The van der Waals surface area contributed by atoms with Crippen LogP contribution in [0, 0.1) is 0 Å². The number of benzene rings is 3. The molecule has 2 heterocycles. The van der Waals surface area contributed by atoms with E-state index in [4.69, 9.17) is 28.7 Å². The van der Waals surface area contributed by atoms with Gasteiger partial charge in [-0.05, 0) is 74.1 Å². The van der Waals surface area contributed by atoms with Gasteiger partial charge in [-0.15, -0.1) is 0 Å². The summed E-state index contributed by atoms with van der Waals surface area (Å²) in [6.07, 6.45) is 3.39. The molecule has 81 heavy (non-hydrogen) atoms. The van der Waals surface area contributed by atoms with Crippen LogP contribution in [0.25, 0.3) is 6.08 Å². The molecule has 2 aliphatic heterocycles. The third kappa shape index (κ3) is 19.4. The zero-order valence-corrected chi connectivity index (χ0v) is 45.3. The van der Waals surface area contributed by atoms with Crippen molar-refractivity contribution in [1.29, 1.82) is 0 Å². The Morgan fingerprint density at radius 1 is 0.679 bits per heavy atom. The number of carboxylic acid groups (broad SMARTS) is 1. The van der Waals surface area contributed by atoms with Crippen LogP contribution < -0.4 is 55.3 Å². The van der Waals surface area contributed by atoms with Crippen molar-refractivity contribution >= 4 is 71.2 Å². The topological polar surface area (TPSA) is 419 Å². The molecule has 0 radical (unpaired) electrons. The van der Waals surface area contributed by atoms with Crippen molar-refractivity contribution in [3.05, 3.63) is 113 Å². The van der Waals surface area contributed by atoms with E-state index in [1.165, 1.54) is 22.9 Å². The van der Waals surface area contributed by atoms with Crippen molar-refractivity contribution in [3.63, 3.8) is 0 Å². The van der Waals surface area contributed by atoms with Crippen LogP contribution in [0.5, 0.6) is 0 Å². The molecule has 26 heteroatoms. The van der Waals surface area contributed by atoms with Gasteiger partial charge in [-0.1, -0.05) is 91.0 Å². The normalized spacial score (nSPS) is 16.8. The minimum atomic E-state index is -1.64. The van der Waals surface area contributed by atoms with Gasteiger partial charge >= 0.3 is 5.97 Å². The number of likely N-dealkylation sites (tertiary alicyclic amines) is 2. The lowest BCUT2D eigenvalue weighted by atomic mass is 10.0. The molecule has 2 aliphatic rings. The van der Waals surface area contributed by atoms with Gasteiger partial charge in [-0.25, -0.2) is 4.79 Å². The largest absolute Gasteiger partial charge is 0.480 e. The molecular formula is C55H75N15O11. The number of amides is 8. The summed E-state index contributed by atoms with van der Waals surface area (Å²) in [6, 6.07) is 17.5. The van der Waals surface area contributed by atoms with E-state index in [1.54, 1.807) is 72.8 Å². The van der Waals surface area contributed by atoms with Crippen LogP contribution in [-0.4, -0.2) is 179 Å². The number of nitrogens with one attached hydrogen (secondary N) is 5. The number of guanidine groups is 2. The summed E-state index contributed by atoms with van der Waals surface area (Å²) in [5.74, 6) is -7.53. The number of carboxylic acids is 1. The Bertz CT molecular complexity index is 2740. The molecule has 17 N–H and O–H groups in total. The zero-order chi connectivity index (χ0) is 59.0. The number of rotatable bonds is 29. The number of carbonyl (C=O) groups is 9. The predicted octanol–water partition coefficient (Wildman–Crippen LogP) is -2.48. The molecule has 0 aromatic heterocycles. The van der Waals surface area contributed by atoms with Gasteiger partial charge in [0.15, 0.2) is 11.9 Å². The van der Waals surface area contributed by atoms with Crippen LogP contribution in [-0.2, 0) is 56.0 Å². The van der Waals surface area contributed by atoms with E-state index in [0.29, 0.717) is 30.4 Å². The highest BCUT2D eigenvalue weighted by molar-refractivity contribution is 6.04. The lowest BCUT2D eigenvalue weighted by Gasteiger charge is -2.34. The van der Waals surface area contributed by atoms with Crippen LogP contribution in [0.3, 0.4) is 0 Å². The van der Waals surface area contributed by atoms with E-state index < -0.39 is 109 Å². The van der Waals surface area contributed by atoms with E-state index in [-0.39, 0.29) is 88.7 Å². The molecule has 26 nitrogen and oxygen atoms in total. The van der Waals surface area contributed by atoms with Gasteiger partial charge in [0, 0.05) is 46.1 Å². The van der Waals surface area contributed by atoms with Crippen LogP contribution in [0.15, 0.2) is 107 Å². The zero-order valence-electron chi connectivity index (χ0n) is 45.3. The van der Waals surface area contributed by atoms with Crippen LogP contribution in [0.1, 0.15) is 68.1 Å². The minimum Gasteiger partial charge on any atom is -0.480 e. The van der Waals surface area contributed by atoms with Gasteiger partial charge in [0.05, 0.1) is 19.2 Å². The molecule has 0 aliphatic carbocycles. The van der Waals surface area contributed by atoms with Crippen molar-refractivity contribution in [2.45, 2.75) is 107 Å². The van der Waals surface area contributed by atoms with Crippen molar-refractivity contribution in [2.75, 3.05) is 46.4 Å². The van der Waals surface area contributed by atoms with Crippen LogP contribution >= 0.6 is 0 Å². The first-order chi connectivity index (χ1) is 38.8. The summed E-state index contributed by atoms with van der Waals surface area (Å²) in [6.45, 7) is -1.01.